The first kappa shape index (κ1) is 14.4. The second-order valence-electron chi connectivity index (χ2n) is 4.94. The number of aryl methyl sites for hydroxylation is 1. The number of aromatic nitrogens is 3. The second-order valence-corrected chi connectivity index (χ2v) is 4.94. The number of anilines is 1. The maximum Gasteiger partial charge on any atom is 0.131 e. The van der Waals surface area contributed by atoms with E-state index in [1.54, 1.807) is 19.9 Å². The standard InChI is InChI=1S/C17H17N4O/c1-3-11-6-7-19-9-13(11)16-8-14(18)17-15(21-16)5-4-12(20-17)10-22-2/h4-10H,3H2,1-2H3,(H2,18,21). The molecule has 5 nitrogen and oxygen atoms in total. The molecule has 0 unspecified atom stereocenters. The molecule has 3 rings (SSSR count). The van der Waals surface area contributed by atoms with Crippen LogP contribution in [0, 0.1) is 6.61 Å². The van der Waals surface area contributed by atoms with E-state index in [9.17, 15) is 0 Å². The first-order chi connectivity index (χ1) is 10.7. The predicted octanol–water partition coefficient (Wildman–Crippen LogP) is 2.99. The van der Waals surface area contributed by atoms with Crippen molar-refractivity contribution in [2.75, 3.05) is 12.8 Å². The van der Waals surface area contributed by atoms with Gasteiger partial charge in [0, 0.05) is 25.1 Å². The fraction of sp³-hybridized carbons (Fsp3) is 0.176. The summed E-state index contributed by atoms with van der Waals surface area (Å²) in [7, 11) is 1.59. The molecule has 3 aromatic rings. The summed E-state index contributed by atoms with van der Waals surface area (Å²) < 4.78 is 4.98. The first-order valence-corrected chi connectivity index (χ1v) is 7.09. The number of nitrogens with zero attached hydrogens (tertiary/aromatic N) is 3. The van der Waals surface area contributed by atoms with E-state index in [-0.39, 0.29) is 0 Å². The average Bonchev–Trinajstić information content (AvgIpc) is 2.55. The summed E-state index contributed by atoms with van der Waals surface area (Å²) in [6.07, 6.45) is 4.53. The first-order valence-electron chi connectivity index (χ1n) is 7.09. The lowest BCUT2D eigenvalue weighted by molar-refractivity contribution is 0.290. The smallest absolute Gasteiger partial charge is 0.131 e. The summed E-state index contributed by atoms with van der Waals surface area (Å²) in [5, 5.41) is 0. The number of pyridine rings is 3. The van der Waals surface area contributed by atoms with Crippen LogP contribution in [-0.2, 0) is 11.2 Å². The monoisotopic (exact) mass is 293 g/mol. The van der Waals surface area contributed by atoms with E-state index in [1.165, 1.54) is 5.56 Å². The molecule has 0 saturated carbocycles. The van der Waals surface area contributed by atoms with Crippen molar-refractivity contribution in [3.8, 4) is 11.3 Å². The maximum atomic E-state index is 6.17. The van der Waals surface area contributed by atoms with E-state index >= 15 is 0 Å². The van der Waals surface area contributed by atoms with Crippen LogP contribution >= 0.6 is 0 Å². The number of hydrogen-bond acceptors (Lipinski definition) is 5. The summed E-state index contributed by atoms with van der Waals surface area (Å²) in [4.78, 5) is 13.3. The van der Waals surface area contributed by atoms with Gasteiger partial charge in [-0.15, -0.1) is 0 Å². The van der Waals surface area contributed by atoms with Crippen molar-refractivity contribution in [2.45, 2.75) is 13.3 Å². The summed E-state index contributed by atoms with van der Waals surface area (Å²) in [5.74, 6) is 0. The number of methoxy groups -OCH3 is 1. The molecule has 0 fully saturated rings. The zero-order valence-electron chi connectivity index (χ0n) is 12.6. The van der Waals surface area contributed by atoms with Crippen molar-refractivity contribution in [1.82, 2.24) is 15.0 Å². The molecule has 0 aromatic carbocycles. The van der Waals surface area contributed by atoms with Crippen LogP contribution in [0.2, 0.25) is 0 Å². The van der Waals surface area contributed by atoms with Gasteiger partial charge in [0.2, 0.25) is 0 Å². The lowest BCUT2D eigenvalue weighted by atomic mass is 10.0. The minimum atomic E-state index is 0.595. The van der Waals surface area contributed by atoms with Crippen molar-refractivity contribution in [2.24, 2.45) is 0 Å². The third kappa shape index (κ3) is 2.63. The van der Waals surface area contributed by atoms with Crippen LogP contribution in [0.5, 0.6) is 0 Å². The molecule has 3 heterocycles. The maximum absolute atomic E-state index is 6.17. The van der Waals surface area contributed by atoms with Gasteiger partial charge in [0.1, 0.15) is 12.1 Å². The minimum absolute atomic E-state index is 0.595. The fourth-order valence-corrected chi connectivity index (χ4v) is 2.43. The molecule has 0 aliphatic heterocycles. The Kier molecular flexibility index (Phi) is 3.98. The van der Waals surface area contributed by atoms with Crippen LogP contribution in [-0.4, -0.2) is 22.1 Å². The zero-order chi connectivity index (χ0) is 15.5. The van der Waals surface area contributed by atoms with Crippen LogP contribution < -0.4 is 5.73 Å². The average molecular weight is 293 g/mol. The number of nitrogen functional groups attached to an aromatic ring is 1. The van der Waals surface area contributed by atoms with Crippen molar-refractivity contribution < 1.29 is 4.74 Å². The largest absolute Gasteiger partial charge is 0.397 e. The Labute approximate surface area is 129 Å². The summed E-state index contributed by atoms with van der Waals surface area (Å²) in [5.41, 5.74) is 11.9. The van der Waals surface area contributed by atoms with E-state index in [2.05, 4.69) is 21.9 Å². The Morgan fingerprint density at radius 1 is 1.23 bits per heavy atom. The molecule has 5 heteroatoms. The summed E-state index contributed by atoms with van der Waals surface area (Å²) >= 11 is 0. The Bertz CT molecular complexity index is 817. The van der Waals surface area contributed by atoms with Crippen molar-refractivity contribution >= 4 is 16.7 Å². The highest BCUT2D eigenvalue weighted by Gasteiger charge is 2.10. The topological polar surface area (TPSA) is 73.9 Å². The molecule has 22 heavy (non-hydrogen) atoms. The van der Waals surface area contributed by atoms with Gasteiger partial charge in [0.05, 0.1) is 22.6 Å². The van der Waals surface area contributed by atoms with Gasteiger partial charge in [-0.2, -0.15) is 0 Å². The van der Waals surface area contributed by atoms with Crippen LogP contribution in [0.15, 0.2) is 36.7 Å². The third-order valence-electron chi connectivity index (χ3n) is 3.51. The van der Waals surface area contributed by atoms with Crippen molar-refractivity contribution in [3.63, 3.8) is 0 Å². The molecule has 1 radical (unpaired) electrons. The molecule has 111 valence electrons. The number of fused-ring (bicyclic) bond motifs is 1. The van der Waals surface area contributed by atoms with E-state index in [0.29, 0.717) is 16.9 Å². The highest BCUT2D eigenvalue weighted by molar-refractivity contribution is 5.89. The molecule has 2 N–H and O–H groups in total. The highest BCUT2D eigenvalue weighted by Crippen LogP contribution is 2.27. The van der Waals surface area contributed by atoms with E-state index < -0.39 is 0 Å². The van der Waals surface area contributed by atoms with Gasteiger partial charge in [-0.25, -0.2) is 9.97 Å². The second kappa shape index (κ2) is 6.07. The van der Waals surface area contributed by atoms with E-state index in [4.69, 9.17) is 10.5 Å². The Morgan fingerprint density at radius 3 is 2.86 bits per heavy atom. The molecule has 0 atom stereocenters. The molecule has 0 saturated heterocycles. The minimum Gasteiger partial charge on any atom is -0.397 e. The fourth-order valence-electron chi connectivity index (χ4n) is 2.43. The number of nitrogens with two attached hydrogens (primary N) is 1. The van der Waals surface area contributed by atoms with Crippen LogP contribution in [0.4, 0.5) is 5.69 Å². The van der Waals surface area contributed by atoms with E-state index in [0.717, 1.165) is 23.2 Å². The van der Waals surface area contributed by atoms with Gasteiger partial charge in [0.15, 0.2) is 0 Å². The molecule has 0 aliphatic carbocycles. The summed E-state index contributed by atoms with van der Waals surface area (Å²) in [6, 6.07) is 7.61. The lowest BCUT2D eigenvalue weighted by Gasteiger charge is -2.10. The SMILES string of the molecule is CCc1ccncc1-c1cc(N)c2nc([CH]OC)ccc2n1. The van der Waals surface area contributed by atoms with E-state index in [1.807, 2.05) is 30.5 Å². The quantitative estimate of drug-likeness (QED) is 0.800. The van der Waals surface area contributed by atoms with Crippen LogP contribution in [0.1, 0.15) is 18.2 Å². The van der Waals surface area contributed by atoms with Gasteiger partial charge >= 0.3 is 0 Å². The normalized spacial score (nSPS) is 11.0. The number of rotatable bonds is 4. The van der Waals surface area contributed by atoms with Crippen molar-refractivity contribution in [3.05, 3.63) is 54.5 Å². The molecule has 0 aliphatic rings. The van der Waals surface area contributed by atoms with Gasteiger partial charge in [-0.05, 0) is 36.2 Å². The Hall–Kier alpha value is -2.53. The zero-order valence-corrected chi connectivity index (χ0v) is 12.6. The third-order valence-corrected chi connectivity index (χ3v) is 3.51. The highest BCUT2D eigenvalue weighted by atomic mass is 16.5. The lowest BCUT2D eigenvalue weighted by Crippen LogP contribution is -1.99. The van der Waals surface area contributed by atoms with Crippen LogP contribution in [0.3, 0.4) is 0 Å². The molecule has 0 spiro atoms. The molecule has 0 amide bonds. The van der Waals surface area contributed by atoms with Gasteiger partial charge in [0.25, 0.3) is 0 Å². The molecule has 0 bridgehead atoms. The van der Waals surface area contributed by atoms with Crippen LogP contribution in [0.25, 0.3) is 22.3 Å². The number of hydrogen-bond donors (Lipinski definition) is 1. The molecular formula is C17H17N4O. The molecule has 3 aromatic heterocycles. The molecular weight excluding hydrogens is 276 g/mol. The number of ether oxygens (including phenoxy) is 1. The predicted molar refractivity (Wildman–Crippen MR) is 87.0 cm³/mol. The Morgan fingerprint density at radius 2 is 2.09 bits per heavy atom. The van der Waals surface area contributed by atoms with Gasteiger partial charge in [-0.3, -0.25) is 4.98 Å². The van der Waals surface area contributed by atoms with Crippen molar-refractivity contribution in [1.29, 1.82) is 0 Å². The van der Waals surface area contributed by atoms with Gasteiger partial charge in [-0.1, -0.05) is 6.92 Å². The van der Waals surface area contributed by atoms with Gasteiger partial charge < -0.3 is 10.5 Å². The Balaban J connectivity index is 2.15. The summed E-state index contributed by atoms with van der Waals surface area (Å²) in [6.45, 7) is 3.68.